The molecular weight excluding hydrogens is 950 g/mol. The first-order valence-corrected chi connectivity index (χ1v) is 34.5. The molecule has 58 heavy (non-hydrogen) atoms. The van der Waals surface area contributed by atoms with Gasteiger partial charge in [0.1, 0.15) is 0 Å². The van der Waals surface area contributed by atoms with E-state index in [1.807, 2.05) is 0 Å². The molecule has 0 spiro atoms. The van der Waals surface area contributed by atoms with Gasteiger partial charge in [0.2, 0.25) is 6.85 Å². The summed E-state index contributed by atoms with van der Waals surface area (Å²) < 4.78 is 0. The van der Waals surface area contributed by atoms with Crippen LogP contribution < -0.4 is 0 Å². The molecule has 6 aliphatic rings. The van der Waals surface area contributed by atoms with Gasteiger partial charge in [-0.3, -0.25) is 0 Å². The quantitative estimate of drug-likeness (QED) is 0.0725. The van der Waals surface area contributed by atoms with E-state index in [-0.39, 0.29) is 29.7 Å². The number of rotatable bonds is 14. The maximum atomic E-state index is 4.93. The summed E-state index contributed by atoms with van der Waals surface area (Å²) in [5, 5.41) is 0. The van der Waals surface area contributed by atoms with Crippen molar-refractivity contribution in [1.29, 1.82) is 0 Å². The molecule has 0 aromatic heterocycles. The van der Waals surface area contributed by atoms with Gasteiger partial charge in [-0.05, 0) is 104 Å². The molecule has 332 valence electrons. The molecule has 0 heterocycles. The Morgan fingerprint density at radius 1 is 0.655 bits per heavy atom. The summed E-state index contributed by atoms with van der Waals surface area (Å²) in [7, 11) is 19.7. The molecule has 8 heteroatoms. The molecule has 4 saturated carbocycles. The minimum absolute atomic E-state index is 0. The molecule has 0 N–H and O–H groups in total. The molecule has 4 fully saturated rings. The van der Waals surface area contributed by atoms with Gasteiger partial charge in [0.05, 0.1) is 0 Å². The fourth-order valence-corrected chi connectivity index (χ4v) is 11.2. The second-order valence-corrected chi connectivity index (χ2v) is 24.7. The topological polar surface area (TPSA) is 3.24 Å². The Labute approximate surface area is 402 Å². The Bertz CT molecular complexity index is 1090. The predicted molar refractivity (Wildman–Crippen MR) is 265 cm³/mol. The Hall–Kier alpha value is 1.39. The SMILES string of the molecule is C=CCC1CCC2C=CC=CC21.C=CCCCC1CC(B(C2CCCC2)N(C(C)C)C(C)C)C2C=CC=CC12.CCCCC1CCCC1.[CH3-].[CH3-].[CH3-].[CH3-].[Cl][Zr+2][Cl].[Cl][Zr+2][Cl]. The van der Waals surface area contributed by atoms with Gasteiger partial charge in [0.25, 0.3) is 0 Å². The second kappa shape index (κ2) is 38.8. The third-order valence-electron chi connectivity index (χ3n) is 13.3. The number of hydrogen-bond acceptors (Lipinski definition) is 1. The zero-order valence-electron chi connectivity index (χ0n) is 38.8. The van der Waals surface area contributed by atoms with Gasteiger partial charge < -0.3 is 34.5 Å². The van der Waals surface area contributed by atoms with E-state index in [1.54, 1.807) is 0 Å². The predicted octanol–water partition coefficient (Wildman–Crippen LogP) is 18.4. The summed E-state index contributed by atoms with van der Waals surface area (Å²) in [4.78, 5) is 2.90. The van der Waals surface area contributed by atoms with Crippen molar-refractivity contribution in [3.63, 3.8) is 0 Å². The standard InChI is InChI=1S/C25H42BN.C12H16.C9H18.4CH3.4ClH.2Zr/c1-6-7-8-13-21-18-25(24-17-12-11-16-23(21)24)26(22-14-9-10-15-22)27(19(2)3)20(4)5;1-2-5-10-8-9-11-6-3-4-7-12(10)11;1-2-3-6-9-7-4-5-8-9;;;;;;;;;;/h6,11-12,16-17,19-25H,1,7-10,13-15,18H2,2-5H3;2-4,6-7,10-12H,1,5,8-9H2;9H,2-8H2,1H3;4*1H3;4*1H;;/q;;;4*-1;;;;;2*+4/p-4. The number of hydrogen-bond donors (Lipinski definition) is 0. The van der Waals surface area contributed by atoms with Crippen molar-refractivity contribution in [2.45, 2.75) is 174 Å². The van der Waals surface area contributed by atoms with E-state index in [2.05, 4.69) is 113 Å². The number of fused-ring (bicyclic) bond motifs is 2. The molecule has 6 aliphatic carbocycles. The fourth-order valence-electron chi connectivity index (χ4n) is 11.2. The molecule has 1 nitrogen and oxygen atoms in total. The van der Waals surface area contributed by atoms with Crippen LogP contribution in [0.3, 0.4) is 0 Å². The van der Waals surface area contributed by atoms with Crippen molar-refractivity contribution in [2.24, 2.45) is 41.4 Å². The summed E-state index contributed by atoms with van der Waals surface area (Å²) >= 11 is -1.65. The molecule has 7 atom stereocenters. The van der Waals surface area contributed by atoms with Crippen LogP contribution in [0.4, 0.5) is 0 Å². The Morgan fingerprint density at radius 2 is 1.17 bits per heavy atom. The van der Waals surface area contributed by atoms with E-state index in [1.165, 1.54) is 116 Å². The van der Waals surface area contributed by atoms with Gasteiger partial charge in [-0.15, -0.1) is 13.2 Å². The van der Waals surface area contributed by atoms with Gasteiger partial charge >= 0.3 is 75.7 Å². The average molecular weight is 1040 g/mol. The number of allylic oxidation sites excluding steroid dienone is 10. The molecule has 0 aromatic rings. The van der Waals surface area contributed by atoms with E-state index in [4.69, 9.17) is 34.1 Å². The Morgan fingerprint density at radius 3 is 1.69 bits per heavy atom. The van der Waals surface area contributed by atoms with Crippen LogP contribution in [0, 0.1) is 71.1 Å². The summed E-state index contributed by atoms with van der Waals surface area (Å²) in [5.41, 5.74) is 0. The van der Waals surface area contributed by atoms with Crippen molar-refractivity contribution in [1.82, 2.24) is 4.81 Å². The van der Waals surface area contributed by atoms with E-state index in [0.717, 1.165) is 59.9 Å². The molecule has 0 amide bonds. The number of unbranched alkanes of at least 4 members (excludes halogenated alkanes) is 2. The molecule has 6 rings (SSSR count). The Balaban J connectivity index is -0.000000811. The summed E-state index contributed by atoms with van der Waals surface area (Å²) in [6.45, 7) is 20.5. The first kappa shape index (κ1) is 63.7. The van der Waals surface area contributed by atoms with Gasteiger partial charge in [-0.25, -0.2) is 0 Å². The van der Waals surface area contributed by atoms with E-state index in [9.17, 15) is 0 Å². The Kier molecular flexibility index (Phi) is 42.6. The van der Waals surface area contributed by atoms with Crippen LogP contribution in [-0.4, -0.2) is 23.7 Å². The zero-order chi connectivity index (χ0) is 39.7. The van der Waals surface area contributed by atoms with Crippen LogP contribution in [0.25, 0.3) is 0 Å². The van der Waals surface area contributed by atoms with Crippen molar-refractivity contribution in [2.75, 3.05) is 0 Å². The van der Waals surface area contributed by atoms with Crippen LogP contribution in [0.2, 0.25) is 11.6 Å². The van der Waals surface area contributed by atoms with Crippen LogP contribution in [0.1, 0.15) is 150 Å². The third-order valence-corrected chi connectivity index (χ3v) is 13.3. The molecule has 0 saturated heterocycles. The normalized spacial score (nSPS) is 25.8. The average Bonchev–Trinajstić information content (AvgIpc) is 4.00. The first-order chi connectivity index (χ1) is 26.2. The van der Waals surface area contributed by atoms with Gasteiger partial charge in [-0.2, -0.15) is 0 Å². The number of nitrogens with zero attached hydrogens (tertiary/aromatic N) is 1. The van der Waals surface area contributed by atoms with Gasteiger partial charge in [0, 0.05) is 0 Å². The van der Waals surface area contributed by atoms with Crippen molar-refractivity contribution < 1.29 is 41.7 Å². The van der Waals surface area contributed by atoms with Gasteiger partial charge in [-0.1, -0.05) is 172 Å². The summed E-state index contributed by atoms with van der Waals surface area (Å²) in [6, 6.07) is 1.27. The molecule has 0 bridgehead atoms. The van der Waals surface area contributed by atoms with Crippen molar-refractivity contribution in [3.8, 4) is 0 Å². The van der Waals surface area contributed by atoms with Crippen LogP contribution in [0.15, 0.2) is 73.9 Å². The zero-order valence-corrected chi connectivity index (χ0v) is 46.7. The second-order valence-electron chi connectivity index (χ2n) is 17.3. The van der Waals surface area contributed by atoms with Crippen molar-refractivity contribution in [3.05, 3.63) is 104 Å². The van der Waals surface area contributed by atoms with E-state index >= 15 is 0 Å². The third kappa shape index (κ3) is 22.3. The van der Waals surface area contributed by atoms with Crippen LogP contribution in [0.5, 0.6) is 0 Å². The molecule has 0 aliphatic heterocycles. The fraction of sp³-hybridized carbons (Fsp3) is 0.680. The maximum absolute atomic E-state index is 4.93. The summed E-state index contributed by atoms with van der Waals surface area (Å²) in [5.74, 6) is 7.77. The molecule has 7 unspecified atom stereocenters. The van der Waals surface area contributed by atoms with E-state index < -0.39 is 41.7 Å². The van der Waals surface area contributed by atoms with Crippen molar-refractivity contribution >= 4 is 40.9 Å². The number of halogens is 4. The first-order valence-electron chi connectivity index (χ1n) is 21.8. The molecular formula is C50H88BCl4NZr2. The monoisotopic (exact) mass is 1030 g/mol. The van der Waals surface area contributed by atoms with Crippen LogP contribution in [-0.2, 0) is 41.7 Å². The minimum atomic E-state index is -0.826. The summed E-state index contributed by atoms with van der Waals surface area (Å²) in [6.07, 6.45) is 48.6. The molecule has 0 radical (unpaired) electrons. The van der Waals surface area contributed by atoms with E-state index in [0.29, 0.717) is 12.1 Å². The van der Waals surface area contributed by atoms with Gasteiger partial charge in [0.15, 0.2) is 0 Å². The van der Waals surface area contributed by atoms with Crippen LogP contribution >= 0.6 is 34.1 Å². The molecule has 0 aromatic carbocycles.